The van der Waals surface area contributed by atoms with Crippen LogP contribution in [0.5, 0.6) is 0 Å². The van der Waals surface area contributed by atoms with E-state index in [1.54, 1.807) is 23.2 Å². The molecule has 2 saturated heterocycles. The summed E-state index contributed by atoms with van der Waals surface area (Å²) in [4.78, 5) is 74.0. The Morgan fingerprint density at radius 2 is 1.85 bits per heavy atom. The predicted octanol–water partition coefficient (Wildman–Crippen LogP) is 2.85. The number of esters is 1. The van der Waals surface area contributed by atoms with E-state index in [4.69, 9.17) is 40.6 Å². The number of urea groups is 1. The summed E-state index contributed by atoms with van der Waals surface area (Å²) in [6.45, 7) is 2.28. The molecule has 0 radical (unpaired) electrons. The highest BCUT2D eigenvalue weighted by atomic mass is 35.5. The number of carbonyl (C=O) groups is 3. The number of aliphatic imine (C=N–C) groups is 1. The van der Waals surface area contributed by atoms with Crippen LogP contribution in [0.15, 0.2) is 70.3 Å². The van der Waals surface area contributed by atoms with Crippen LogP contribution in [0.1, 0.15) is 27.0 Å². The molecule has 15 nitrogen and oxygen atoms in total. The van der Waals surface area contributed by atoms with Crippen molar-refractivity contribution < 1.29 is 47.9 Å². The van der Waals surface area contributed by atoms with Crippen molar-refractivity contribution in [2.24, 2.45) is 4.99 Å². The Hall–Kier alpha value is -4.22. The monoisotopic (exact) mass is 722 g/mol. The lowest BCUT2D eigenvalue weighted by molar-refractivity contribution is -0.136. The van der Waals surface area contributed by atoms with Crippen LogP contribution >= 0.6 is 30.8 Å². The van der Waals surface area contributed by atoms with E-state index in [0.29, 0.717) is 60.5 Å². The smallest absolute Gasteiger partial charge is 0.466 e. The van der Waals surface area contributed by atoms with Gasteiger partial charge >= 0.3 is 25.8 Å². The number of phosphoric acid groups is 1. The average molecular weight is 723 g/mol. The maximum absolute atomic E-state index is 13.9. The van der Waals surface area contributed by atoms with Crippen LogP contribution in [0.2, 0.25) is 5.02 Å². The van der Waals surface area contributed by atoms with Crippen molar-refractivity contribution in [1.29, 1.82) is 0 Å². The molecule has 5 N–H and O–H groups in total. The van der Waals surface area contributed by atoms with Gasteiger partial charge in [0.25, 0.3) is 0 Å². The fraction of sp³-hybridized carbons (Fsp3) is 0.276. The van der Waals surface area contributed by atoms with Gasteiger partial charge in [-0.05, 0) is 36.4 Å². The highest BCUT2D eigenvalue weighted by Gasteiger charge is 2.42. The molecule has 3 aromatic rings. The molecule has 2 fully saturated rings. The second kappa shape index (κ2) is 14.5. The molecular formula is C29H29ClFN6O9PS. The molecule has 254 valence electrons. The lowest BCUT2D eigenvalue weighted by atomic mass is 9.95. The predicted molar refractivity (Wildman–Crippen MR) is 172 cm³/mol. The van der Waals surface area contributed by atoms with Crippen molar-refractivity contribution in [2.75, 3.05) is 44.7 Å². The van der Waals surface area contributed by atoms with Gasteiger partial charge in [0.15, 0.2) is 10.8 Å². The fourth-order valence-electron chi connectivity index (χ4n) is 5.61. The molecule has 48 heavy (non-hydrogen) atoms. The minimum Gasteiger partial charge on any atom is -0.478 e. The van der Waals surface area contributed by atoms with E-state index in [0.717, 1.165) is 0 Å². The minimum atomic E-state index is -4.64. The first-order valence-electron chi connectivity index (χ1n) is 14.2. The topological polar surface area (TPSA) is 205 Å². The van der Waals surface area contributed by atoms with Gasteiger partial charge in [-0.1, -0.05) is 17.7 Å². The van der Waals surface area contributed by atoms with Gasteiger partial charge in [0.2, 0.25) is 0 Å². The van der Waals surface area contributed by atoms with Crippen molar-refractivity contribution in [2.45, 2.75) is 12.1 Å². The molecule has 0 aliphatic carbocycles. The highest BCUT2D eigenvalue weighted by Crippen LogP contribution is 2.37. The molecule has 0 bridgehead atoms. The number of carboxylic acid groups (broad SMARTS) is 1. The number of hydrogen-bond donors (Lipinski definition) is 5. The molecule has 6 rings (SSSR count). The Morgan fingerprint density at radius 1 is 1.15 bits per heavy atom. The summed E-state index contributed by atoms with van der Waals surface area (Å²) in [7, 11) is -3.35. The summed E-state index contributed by atoms with van der Waals surface area (Å²) in [6.07, 6.45) is 1.65. The number of ether oxygens (including phenoxy) is 1. The summed E-state index contributed by atoms with van der Waals surface area (Å²) < 4.78 is 28.0. The number of hydrogen-bond acceptors (Lipinski definition) is 10. The maximum Gasteiger partial charge on any atom is 0.466 e. The molecule has 0 unspecified atom stereocenters. The number of carbonyl (C=O) groups excluding carboxylic acids is 2. The molecule has 2 atom stereocenters. The molecule has 2 amide bonds. The SMILES string of the molecule is COC(=O)C1=C(CN2CCN3C(=O)N(c4ccc(C(=O)O)cc4)C[C@@H]3C2)NC(c2nccs2)=N[C@H]1c1ccc(F)cc1Cl.O=P(O)(O)O. The third-order valence-corrected chi connectivity index (χ3v) is 8.77. The number of rotatable bonds is 7. The lowest BCUT2D eigenvalue weighted by Gasteiger charge is -2.38. The standard InChI is InChI=1S/C29H26ClFN6O5S.H3O4P/c1-42-28(40)23-22(33-25(26-32-8-11-43-26)34-24(23)20-7-4-17(31)12-21(20)30)15-35-9-10-36-19(13-35)14-37(29(36)41)18-5-2-16(3-6-18)27(38)39;1-5(2,3)4/h2-8,11-12,19,24H,9-10,13-15H2,1H3,(H,33,34)(H,38,39);(H3,1,2,3,4)/t19-,24-;/m0./s1. The zero-order valence-electron chi connectivity index (χ0n) is 25.1. The number of thiazole rings is 1. The number of piperazine rings is 1. The van der Waals surface area contributed by atoms with Crippen molar-refractivity contribution >= 4 is 60.3 Å². The van der Waals surface area contributed by atoms with Crippen LogP contribution in [0, 0.1) is 5.82 Å². The van der Waals surface area contributed by atoms with Gasteiger partial charge in [-0.2, -0.15) is 0 Å². The zero-order valence-corrected chi connectivity index (χ0v) is 27.5. The van der Waals surface area contributed by atoms with E-state index in [9.17, 15) is 23.9 Å². The third kappa shape index (κ3) is 8.07. The quantitative estimate of drug-likeness (QED) is 0.176. The number of fused-ring (bicyclic) bond motifs is 1. The van der Waals surface area contributed by atoms with E-state index in [1.165, 1.54) is 48.8 Å². The Bertz CT molecular complexity index is 1810. The largest absolute Gasteiger partial charge is 0.478 e. The molecule has 4 heterocycles. The first kappa shape index (κ1) is 35.1. The maximum atomic E-state index is 13.9. The van der Waals surface area contributed by atoms with Crippen molar-refractivity contribution in [3.8, 4) is 0 Å². The summed E-state index contributed by atoms with van der Waals surface area (Å²) in [5.41, 5.74) is 2.03. The van der Waals surface area contributed by atoms with E-state index >= 15 is 0 Å². The Morgan fingerprint density at radius 3 is 2.46 bits per heavy atom. The second-order valence-electron chi connectivity index (χ2n) is 10.7. The number of aromatic carboxylic acids is 1. The van der Waals surface area contributed by atoms with Crippen molar-refractivity contribution in [1.82, 2.24) is 20.1 Å². The first-order valence-corrected chi connectivity index (χ1v) is 17.0. The average Bonchev–Trinajstić information content (AvgIpc) is 3.68. The van der Waals surface area contributed by atoms with Gasteiger partial charge in [-0.3, -0.25) is 14.8 Å². The van der Waals surface area contributed by atoms with Crippen LogP contribution in [0.25, 0.3) is 0 Å². The van der Waals surface area contributed by atoms with Gasteiger partial charge in [-0.15, -0.1) is 11.3 Å². The number of aromatic nitrogens is 1. The Kier molecular flexibility index (Phi) is 10.6. The Balaban J connectivity index is 0.000000840. The Labute approximate surface area is 281 Å². The molecule has 3 aliphatic heterocycles. The second-order valence-corrected chi connectivity index (χ2v) is 13.1. The fourth-order valence-corrected chi connectivity index (χ4v) is 6.47. The molecule has 0 saturated carbocycles. The molecular weight excluding hydrogens is 694 g/mol. The summed E-state index contributed by atoms with van der Waals surface area (Å²) in [5.74, 6) is -1.68. The van der Waals surface area contributed by atoms with E-state index in [1.807, 2.05) is 10.3 Å². The zero-order chi connectivity index (χ0) is 34.7. The molecule has 3 aliphatic rings. The third-order valence-electron chi connectivity index (χ3n) is 7.67. The van der Waals surface area contributed by atoms with E-state index in [2.05, 4.69) is 15.2 Å². The lowest BCUT2D eigenvalue weighted by Crippen LogP contribution is -2.53. The number of halogens is 2. The van der Waals surface area contributed by atoms with Crippen LogP contribution in [-0.4, -0.2) is 104 Å². The van der Waals surface area contributed by atoms with E-state index < -0.39 is 31.6 Å². The summed E-state index contributed by atoms with van der Waals surface area (Å²) >= 11 is 7.83. The molecule has 19 heteroatoms. The minimum absolute atomic E-state index is 0.124. The van der Waals surface area contributed by atoms with Crippen LogP contribution in [0.3, 0.4) is 0 Å². The van der Waals surface area contributed by atoms with Crippen molar-refractivity contribution in [3.63, 3.8) is 0 Å². The summed E-state index contributed by atoms with van der Waals surface area (Å²) in [6, 6.07) is 9.07. The van der Waals surface area contributed by atoms with E-state index in [-0.39, 0.29) is 28.2 Å². The number of carboxylic acids is 1. The molecule has 2 aromatic carbocycles. The van der Waals surface area contributed by atoms with Gasteiger partial charge < -0.3 is 34.7 Å². The number of methoxy groups -OCH3 is 1. The van der Waals surface area contributed by atoms with Crippen LogP contribution in [-0.2, 0) is 14.1 Å². The van der Waals surface area contributed by atoms with Gasteiger partial charge in [0.05, 0.1) is 24.3 Å². The highest BCUT2D eigenvalue weighted by molar-refractivity contribution is 7.45. The molecule has 1 aromatic heterocycles. The summed E-state index contributed by atoms with van der Waals surface area (Å²) in [5, 5.41) is 15.1. The van der Waals surface area contributed by atoms with Gasteiger partial charge in [0.1, 0.15) is 11.9 Å². The number of nitrogens with one attached hydrogen (secondary N) is 1. The van der Waals surface area contributed by atoms with Crippen LogP contribution in [0.4, 0.5) is 14.9 Å². The number of anilines is 1. The van der Waals surface area contributed by atoms with Gasteiger partial charge in [-0.25, -0.2) is 28.3 Å². The number of amides is 2. The number of amidine groups is 1. The first-order chi connectivity index (χ1) is 22.7. The van der Waals surface area contributed by atoms with Crippen LogP contribution < -0.4 is 10.2 Å². The van der Waals surface area contributed by atoms with Crippen molar-refractivity contribution in [3.05, 3.63) is 92.3 Å². The number of nitrogens with zero attached hydrogens (tertiary/aromatic N) is 5. The molecule has 0 spiro atoms. The van der Waals surface area contributed by atoms with Gasteiger partial charge in [0, 0.05) is 66.3 Å². The normalized spacial score (nSPS) is 19.6. The number of benzene rings is 2.